The molecule has 0 saturated heterocycles. The number of rotatable bonds is 4. The molecule has 3 N–H and O–H groups in total. The summed E-state index contributed by atoms with van der Waals surface area (Å²) in [5.74, 6) is 0.0773. The van der Waals surface area contributed by atoms with Gasteiger partial charge in [0.05, 0.1) is 0 Å². The van der Waals surface area contributed by atoms with E-state index in [9.17, 15) is 4.79 Å². The first-order valence-corrected chi connectivity index (χ1v) is 4.66. The second-order valence-corrected chi connectivity index (χ2v) is 3.64. The molecule has 3 heteroatoms. The third-order valence-corrected chi connectivity index (χ3v) is 2.81. The van der Waals surface area contributed by atoms with Gasteiger partial charge < -0.3 is 10.8 Å². The van der Waals surface area contributed by atoms with E-state index in [-0.39, 0.29) is 12.3 Å². The number of carbonyl (C=O) groups is 1. The molecule has 0 spiro atoms. The summed E-state index contributed by atoms with van der Waals surface area (Å²) >= 11 is 0. The van der Waals surface area contributed by atoms with Gasteiger partial charge in [-0.15, -0.1) is 0 Å². The smallest absolute Gasteiger partial charge is 0.303 e. The van der Waals surface area contributed by atoms with Crippen LogP contribution in [0.2, 0.25) is 0 Å². The summed E-state index contributed by atoms with van der Waals surface area (Å²) in [5, 5.41) is 8.62. The highest BCUT2D eigenvalue weighted by Gasteiger charge is 2.25. The fraction of sp³-hybridized carbons (Fsp3) is 0.889. The van der Waals surface area contributed by atoms with E-state index < -0.39 is 5.97 Å². The maximum Gasteiger partial charge on any atom is 0.303 e. The highest BCUT2D eigenvalue weighted by Crippen LogP contribution is 2.32. The van der Waals surface area contributed by atoms with Gasteiger partial charge in [0.15, 0.2) is 0 Å². The van der Waals surface area contributed by atoms with Gasteiger partial charge in [0.2, 0.25) is 0 Å². The quantitative estimate of drug-likeness (QED) is 0.668. The second-order valence-electron chi connectivity index (χ2n) is 3.64. The molecule has 0 radical (unpaired) electrons. The Morgan fingerprint density at radius 1 is 1.50 bits per heavy atom. The summed E-state index contributed by atoms with van der Waals surface area (Å²) in [5.41, 5.74) is 5.54. The summed E-state index contributed by atoms with van der Waals surface area (Å²) in [4.78, 5) is 10.5. The molecule has 0 aliphatic heterocycles. The Hall–Kier alpha value is -0.570. The molecule has 1 aliphatic rings. The van der Waals surface area contributed by atoms with Gasteiger partial charge in [-0.05, 0) is 18.4 Å². The van der Waals surface area contributed by atoms with Crippen LogP contribution in [0.1, 0.15) is 32.1 Å². The standard InChI is InChI=1S/C9H17NO2/c10-6-8(5-9(11)12)7-3-1-2-4-7/h7-8H,1-6,10H2,(H,11,12)/t8-/m0/s1. The summed E-state index contributed by atoms with van der Waals surface area (Å²) in [7, 11) is 0. The van der Waals surface area contributed by atoms with Gasteiger partial charge in [0, 0.05) is 6.42 Å². The maximum absolute atomic E-state index is 10.5. The lowest BCUT2D eigenvalue weighted by Crippen LogP contribution is -2.24. The fourth-order valence-corrected chi connectivity index (χ4v) is 2.10. The van der Waals surface area contributed by atoms with Crippen molar-refractivity contribution < 1.29 is 9.90 Å². The molecule has 1 atom stereocenters. The van der Waals surface area contributed by atoms with Crippen molar-refractivity contribution in [1.29, 1.82) is 0 Å². The maximum atomic E-state index is 10.5. The zero-order chi connectivity index (χ0) is 8.97. The minimum absolute atomic E-state index is 0.213. The Bertz CT molecular complexity index is 153. The largest absolute Gasteiger partial charge is 0.481 e. The van der Waals surface area contributed by atoms with Crippen molar-refractivity contribution in [3.05, 3.63) is 0 Å². The topological polar surface area (TPSA) is 63.3 Å². The van der Waals surface area contributed by atoms with Crippen LogP contribution < -0.4 is 5.73 Å². The van der Waals surface area contributed by atoms with Gasteiger partial charge in [-0.2, -0.15) is 0 Å². The van der Waals surface area contributed by atoms with Crippen LogP contribution in [-0.4, -0.2) is 17.6 Å². The van der Waals surface area contributed by atoms with E-state index in [0.717, 1.165) is 0 Å². The number of aliphatic carboxylic acids is 1. The fourth-order valence-electron chi connectivity index (χ4n) is 2.10. The highest BCUT2D eigenvalue weighted by atomic mass is 16.4. The number of carboxylic acids is 1. The molecular weight excluding hydrogens is 154 g/mol. The number of hydrogen-bond acceptors (Lipinski definition) is 2. The van der Waals surface area contributed by atoms with Gasteiger partial charge in [-0.1, -0.05) is 25.7 Å². The molecular formula is C9H17NO2. The van der Waals surface area contributed by atoms with E-state index in [4.69, 9.17) is 10.8 Å². The lowest BCUT2D eigenvalue weighted by molar-refractivity contribution is -0.138. The average Bonchev–Trinajstić information content (AvgIpc) is 2.51. The molecule has 0 aromatic heterocycles. The third-order valence-electron chi connectivity index (χ3n) is 2.81. The molecule has 1 fully saturated rings. The molecule has 3 nitrogen and oxygen atoms in total. The first-order valence-electron chi connectivity index (χ1n) is 4.66. The van der Waals surface area contributed by atoms with Crippen molar-refractivity contribution in [1.82, 2.24) is 0 Å². The Balaban J connectivity index is 2.37. The summed E-state index contributed by atoms with van der Waals surface area (Å²) in [6.07, 6.45) is 5.10. The van der Waals surface area contributed by atoms with Crippen molar-refractivity contribution in [2.75, 3.05) is 6.54 Å². The van der Waals surface area contributed by atoms with Gasteiger partial charge in [-0.3, -0.25) is 4.79 Å². The van der Waals surface area contributed by atoms with Crippen LogP contribution in [0.4, 0.5) is 0 Å². The first kappa shape index (κ1) is 9.52. The summed E-state index contributed by atoms with van der Waals surface area (Å²) < 4.78 is 0. The van der Waals surface area contributed by atoms with Crippen molar-refractivity contribution in [3.8, 4) is 0 Å². The van der Waals surface area contributed by atoms with Crippen molar-refractivity contribution in [2.24, 2.45) is 17.6 Å². The highest BCUT2D eigenvalue weighted by molar-refractivity contribution is 5.67. The zero-order valence-electron chi connectivity index (χ0n) is 7.33. The van der Waals surface area contributed by atoms with Gasteiger partial charge in [-0.25, -0.2) is 0 Å². The Morgan fingerprint density at radius 2 is 2.08 bits per heavy atom. The van der Waals surface area contributed by atoms with Crippen LogP contribution in [0.15, 0.2) is 0 Å². The lowest BCUT2D eigenvalue weighted by Gasteiger charge is -2.19. The summed E-state index contributed by atoms with van der Waals surface area (Å²) in [6, 6.07) is 0. The molecule has 1 aliphatic carbocycles. The number of nitrogens with two attached hydrogens (primary N) is 1. The van der Waals surface area contributed by atoms with Crippen LogP contribution in [0.5, 0.6) is 0 Å². The minimum Gasteiger partial charge on any atom is -0.481 e. The van der Waals surface area contributed by atoms with Crippen LogP contribution in [-0.2, 0) is 4.79 Å². The normalized spacial score (nSPS) is 21.1. The minimum atomic E-state index is -0.711. The molecule has 70 valence electrons. The molecule has 1 rings (SSSR count). The van der Waals surface area contributed by atoms with Gasteiger partial charge >= 0.3 is 5.97 Å². The van der Waals surface area contributed by atoms with E-state index in [1.165, 1.54) is 25.7 Å². The van der Waals surface area contributed by atoms with Crippen LogP contribution in [0, 0.1) is 11.8 Å². The van der Waals surface area contributed by atoms with Crippen LogP contribution in [0.25, 0.3) is 0 Å². The van der Waals surface area contributed by atoms with E-state index in [2.05, 4.69) is 0 Å². The molecule has 0 bridgehead atoms. The number of hydrogen-bond donors (Lipinski definition) is 2. The van der Waals surface area contributed by atoms with Crippen molar-refractivity contribution in [3.63, 3.8) is 0 Å². The predicted molar refractivity (Wildman–Crippen MR) is 46.8 cm³/mol. The van der Waals surface area contributed by atoms with E-state index in [1.54, 1.807) is 0 Å². The van der Waals surface area contributed by atoms with Crippen molar-refractivity contribution >= 4 is 5.97 Å². The van der Waals surface area contributed by atoms with Gasteiger partial charge in [0.25, 0.3) is 0 Å². The molecule has 0 unspecified atom stereocenters. The molecule has 0 heterocycles. The van der Waals surface area contributed by atoms with Gasteiger partial charge in [0.1, 0.15) is 0 Å². The molecule has 0 aromatic rings. The SMILES string of the molecule is NC[C@H](CC(=O)O)C1CCCC1. The summed E-state index contributed by atoms with van der Waals surface area (Å²) in [6.45, 7) is 0.525. The second kappa shape index (κ2) is 4.45. The monoisotopic (exact) mass is 171 g/mol. The van der Waals surface area contributed by atoms with E-state index >= 15 is 0 Å². The molecule has 0 aromatic carbocycles. The zero-order valence-corrected chi connectivity index (χ0v) is 7.33. The third kappa shape index (κ3) is 2.48. The van der Waals surface area contributed by atoms with Crippen molar-refractivity contribution in [2.45, 2.75) is 32.1 Å². The predicted octanol–water partition coefficient (Wildman–Crippen LogP) is 1.23. The van der Waals surface area contributed by atoms with Crippen LogP contribution in [0.3, 0.4) is 0 Å². The van der Waals surface area contributed by atoms with E-state index in [0.29, 0.717) is 12.5 Å². The van der Waals surface area contributed by atoms with E-state index in [1.807, 2.05) is 0 Å². The molecule has 0 amide bonds. The first-order chi connectivity index (χ1) is 5.74. The lowest BCUT2D eigenvalue weighted by atomic mass is 9.88. The average molecular weight is 171 g/mol. The molecule has 1 saturated carbocycles. The Labute approximate surface area is 72.9 Å². The Morgan fingerprint density at radius 3 is 2.50 bits per heavy atom. The molecule has 12 heavy (non-hydrogen) atoms. The Kier molecular flexibility index (Phi) is 3.53. The number of carboxylic acid groups (broad SMARTS) is 1. The van der Waals surface area contributed by atoms with Crippen LogP contribution >= 0.6 is 0 Å².